The molecule has 16 heavy (non-hydrogen) atoms. The third-order valence-electron chi connectivity index (χ3n) is 3.11. The van der Waals surface area contributed by atoms with Crippen molar-refractivity contribution in [2.75, 3.05) is 19.6 Å². The van der Waals surface area contributed by atoms with Gasteiger partial charge in [0.15, 0.2) is 0 Å². The summed E-state index contributed by atoms with van der Waals surface area (Å²) in [5, 5.41) is 3.23. The monoisotopic (exact) mass is 222 g/mol. The molecule has 3 nitrogen and oxygen atoms in total. The molecule has 0 bridgehead atoms. The number of nitrogens with one attached hydrogen (secondary N) is 1. The first-order valence-corrected chi connectivity index (χ1v) is 6.22. The van der Waals surface area contributed by atoms with E-state index in [-0.39, 0.29) is 11.9 Å². The smallest absolute Gasteiger partial charge is 0.236 e. The quantitative estimate of drug-likeness (QED) is 0.713. The van der Waals surface area contributed by atoms with Crippen molar-refractivity contribution in [1.29, 1.82) is 0 Å². The van der Waals surface area contributed by atoms with Crippen LogP contribution < -0.4 is 5.32 Å². The first kappa shape index (κ1) is 13.1. The van der Waals surface area contributed by atoms with E-state index in [2.05, 4.69) is 18.2 Å². The van der Waals surface area contributed by atoms with Crippen molar-refractivity contribution in [2.24, 2.45) is 0 Å². The average Bonchev–Trinajstić information content (AvgIpc) is 2.35. The maximum atomic E-state index is 11.8. The van der Waals surface area contributed by atoms with Gasteiger partial charge < -0.3 is 10.2 Å². The summed E-state index contributed by atoms with van der Waals surface area (Å²) in [6.45, 7) is 4.36. The first-order chi connectivity index (χ1) is 7.77. The summed E-state index contributed by atoms with van der Waals surface area (Å²) in [6.07, 6.45) is 10.5. The molecule has 1 unspecified atom stereocenters. The van der Waals surface area contributed by atoms with Crippen molar-refractivity contribution in [1.82, 2.24) is 10.2 Å². The Balaban J connectivity index is 2.25. The number of carbonyl (C=O) groups excluding carboxylic acids is 1. The second-order valence-corrected chi connectivity index (χ2v) is 4.34. The predicted molar refractivity (Wildman–Crippen MR) is 66.0 cm³/mol. The van der Waals surface area contributed by atoms with E-state index in [1.165, 1.54) is 6.42 Å². The fraction of sp³-hybridized carbons (Fsp3) is 0.769. The van der Waals surface area contributed by atoms with Crippen LogP contribution in [0.2, 0.25) is 0 Å². The van der Waals surface area contributed by atoms with Gasteiger partial charge in [0.25, 0.3) is 0 Å². The van der Waals surface area contributed by atoms with Gasteiger partial charge in [0, 0.05) is 25.6 Å². The molecule has 1 N–H and O–H groups in total. The van der Waals surface area contributed by atoms with Gasteiger partial charge >= 0.3 is 0 Å². The SMILES string of the molecule is C#CCC(CC)NCC(=O)N1CCCCC1. The maximum Gasteiger partial charge on any atom is 0.236 e. The maximum absolute atomic E-state index is 11.8. The van der Waals surface area contributed by atoms with Crippen molar-refractivity contribution in [3.05, 3.63) is 0 Å². The van der Waals surface area contributed by atoms with Crippen LogP contribution in [0.15, 0.2) is 0 Å². The van der Waals surface area contributed by atoms with E-state index >= 15 is 0 Å². The van der Waals surface area contributed by atoms with Gasteiger partial charge in [-0.05, 0) is 25.7 Å². The molecule has 1 heterocycles. The summed E-state index contributed by atoms with van der Waals surface area (Å²) in [5.41, 5.74) is 0. The van der Waals surface area contributed by atoms with E-state index in [4.69, 9.17) is 6.42 Å². The van der Waals surface area contributed by atoms with Crippen molar-refractivity contribution >= 4 is 5.91 Å². The number of hydrogen-bond acceptors (Lipinski definition) is 2. The summed E-state index contributed by atoms with van der Waals surface area (Å²) < 4.78 is 0. The van der Waals surface area contributed by atoms with Crippen LogP contribution in [-0.4, -0.2) is 36.5 Å². The molecule has 90 valence electrons. The van der Waals surface area contributed by atoms with Crippen molar-refractivity contribution in [3.8, 4) is 12.3 Å². The lowest BCUT2D eigenvalue weighted by molar-refractivity contribution is -0.131. The van der Waals surface area contributed by atoms with Gasteiger partial charge in [-0.2, -0.15) is 0 Å². The molecular formula is C13H22N2O. The Labute approximate surface area is 98.6 Å². The van der Waals surface area contributed by atoms with E-state index < -0.39 is 0 Å². The van der Waals surface area contributed by atoms with Crippen LogP contribution in [0.3, 0.4) is 0 Å². The normalized spacial score (nSPS) is 17.9. The lowest BCUT2D eigenvalue weighted by atomic mass is 10.1. The van der Waals surface area contributed by atoms with Gasteiger partial charge in [0.05, 0.1) is 6.54 Å². The lowest BCUT2D eigenvalue weighted by Crippen LogP contribution is -2.43. The number of carbonyl (C=O) groups is 1. The minimum absolute atomic E-state index is 0.218. The zero-order valence-corrected chi connectivity index (χ0v) is 10.2. The number of rotatable bonds is 5. The molecule has 0 saturated carbocycles. The Morgan fingerprint density at radius 1 is 1.44 bits per heavy atom. The van der Waals surface area contributed by atoms with Crippen LogP contribution in [0.5, 0.6) is 0 Å². The van der Waals surface area contributed by atoms with Gasteiger partial charge in [-0.3, -0.25) is 4.79 Å². The van der Waals surface area contributed by atoms with Crippen molar-refractivity contribution in [3.63, 3.8) is 0 Å². The number of terminal acetylenes is 1. The minimum Gasteiger partial charge on any atom is -0.342 e. The fourth-order valence-electron chi connectivity index (χ4n) is 1.99. The Kier molecular flexibility index (Phi) is 5.95. The van der Waals surface area contributed by atoms with Crippen molar-refractivity contribution < 1.29 is 4.79 Å². The summed E-state index contributed by atoms with van der Waals surface area (Å²) in [7, 11) is 0. The van der Waals surface area contributed by atoms with Crippen molar-refractivity contribution in [2.45, 2.75) is 45.1 Å². The fourth-order valence-corrected chi connectivity index (χ4v) is 1.99. The molecule has 1 amide bonds. The van der Waals surface area contributed by atoms with Gasteiger partial charge in [0.1, 0.15) is 0 Å². The van der Waals surface area contributed by atoms with Crippen LogP contribution in [0, 0.1) is 12.3 Å². The summed E-state index contributed by atoms with van der Waals surface area (Å²) >= 11 is 0. The molecule has 0 aromatic carbocycles. The number of piperidine rings is 1. The van der Waals surface area contributed by atoms with Gasteiger partial charge in [-0.15, -0.1) is 12.3 Å². The summed E-state index contributed by atoms with van der Waals surface area (Å²) in [4.78, 5) is 13.8. The molecule has 0 aromatic rings. The molecule has 1 rings (SSSR count). The highest BCUT2D eigenvalue weighted by molar-refractivity contribution is 5.78. The molecule has 0 spiro atoms. The van der Waals surface area contributed by atoms with Crippen LogP contribution in [0.25, 0.3) is 0 Å². The van der Waals surface area contributed by atoms with Crippen LogP contribution >= 0.6 is 0 Å². The third-order valence-corrected chi connectivity index (χ3v) is 3.11. The first-order valence-electron chi connectivity index (χ1n) is 6.22. The second kappa shape index (κ2) is 7.29. The van der Waals surface area contributed by atoms with Gasteiger partial charge in [-0.25, -0.2) is 0 Å². The Morgan fingerprint density at radius 2 is 2.12 bits per heavy atom. The van der Waals surface area contributed by atoms with E-state index in [0.717, 1.165) is 32.4 Å². The number of likely N-dealkylation sites (tertiary alicyclic amines) is 1. The number of hydrogen-bond donors (Lipinski definition) is 1. The van der Waals surface area contributed by atoms with Crippen LogP contribution in [0.4, 0.5) is 0 Å². The standard InChI is InChI=1S/C13H22N2O/c1-3-8-12(4-2)14-11-13(16)15-9-6-5-7-10-15/h1,12,14H,4-11H2,2H3. The molecule has 0 radical (unpaired) electrons. The largest absolute Gasteiger partial charge is 0.342 e. The molecule has 1 saturated heterocycles. The molecule has 1 aliphatic heterocycles. The topological polar surface area (TPSA) is 32.3 Å². The highest BCUT2D eigenvalue weighted by Gasteiger charge is 2.16. The average molecular weight is 222 g/mol. The molecule has 1 fully saturated rings. The third kappa shape index (κ3) is 4.24. The molecule has 1 aliphatic rings. The molecular weight excluding hydrogens is 200 g/mol. The Hall–Kier alpha value is -1.01. The Morgan fingerprint density at radius 3 is 2.69 bits per heavy atom. The molecule has 1 atom stereocenters. The predicted octanol–water partition coefficient (Wildman–Crippen LogP) is 1.39. The molecule has 0 aromatic heterocycles. The number of amides is 1. The van der Waals surface area contributed by atoms with Crippen LogP contribution in [-0.2, 0) is 4.79 Å². The number of nitrogens with zero attached hydrogens (tertiary/aromatic N) is 1. The Bertz CT molecular complexity index is 251. The van der Waals surface area contributed by atoms with E-state index in [9.17, 15) is 4.79 Å². The highest BCUT2D eigenvalue weighted by Crippen LogP contribution is 2.08. The van der Waals surface area contributed by atoms with E-state index in [0.29, 0.717) is 13.0 Å². The zero-order valence-electron chi connectivity index (χ0n) is 10.2. The van der Waals surface area contributed by atoms with Gasteiger partial charge in [0.2, 0.25) is 5.91 Å². The van der Waals surface area contributed by atoms with Crippen LogP contribution in [0.1, 0.15) is 39.0 Å². The second-order valence-electron chi connectivity index (χ2n) is 4.34. The summed E-state index contributed by atoms with van der Waals surface area (Å²) in [6, 6.07) is 0.277. The molecule has 0 aliphatic carbocycles. The molecule has 3 heteroatoms. The van der Waals surface area contributed by atoms with Gasteiger partial charge in [-0.1, -0.05) is 6.92 Å². The summed E-state index contributed by atoms with van der Waals surface area (Å²) in [5.74, 6) is 2.85. The minimum atomic E-state index is 0.218. The lowest BCUT2D eigenvalue weighted by Gasteiger charge is -2.27. The van der Waals surface area contributed by atoms with E-state index in [1.54, 1.807) is 0 Å². The zero-order chi connectivity index (χ0) is 11.8. The van der Waals surface area contributed by atoms with E-state index in [1.807, 2.05) is 4.90 Å². The highest BCUT2D eigenvalue weighted by atomic mass is 16.2.